The van der Waals surface area contributed by atoms with Crippen molar-refractivity contribution in [2.45, 2.75) is 5.41 Å². The van der Waals surface area contributed by atoms with E-state index in [9.17, 15) is 0 Å². The lowest BCUT2D eigenvalue weighted by atomic mass is 9.70. The summed E-state index contributed by atoms with van der Waals surface area (Å²) in [7, 11) is 0. The Morgan fingerprint density at radius 3 is 1.32 bits per heavy atom. The maximum Gasteiger partial charge on any atom is 0.0726 e. The average Bonchev–Trinajstić information content (AvgIpc) is 4.20. The maximum absolute atomic E-state index is 2.48. The van der Waals surface area contributed by atoms with Gasteiger partial charge in [-0.05, 0) is 155 Å². The summed E-state index contributed by atoms with van der Waals surface area (Å²) in [5.41, 5.74) is 24.2. The van der Waals surface area contributed by atoms with Gasteiger partial charge in [0.1, 0.15) is 0 Å². The van der Waals surface area contributed by atoms with Crippen LogP contribution in [0.1, 0.15) is 22.3 Å². The molecule has 2 heteroatoms. The predicted molar refractivity (Wildman–Crippen MR) is 323 cm³/mol. The number of rotatable bonds is 7. The first-order chi connectivity index (χ1) is 38.2. The SMILES string of the molecule is c1ccc2c(c1)-c1ccccc1C21c2ccccc2-c2ccc(N(c3ccc(-c4ccc(-c5ccc6c(c5)c5ccccc5n6-c5cccc6ccccc56)cc4)cc3)c3ccc(-c4cccc5ccccc45)cc3)cc21. The number of hydrogen-bond acceptors (Lipinski definition) is 1. The van der Waals surface area contributed by atoms with Crippen LogP contribution < -0.4 is 4.90 Å². The summed E-state index contributed by atoms with van der Waals surface area (Å²) in [5.74, 6) is 0. The zero-order valence-corrected chi connectivity index (χ0v) is 42.1. The Labute approximate surface area is 447 Å². The first kappa shape index (κ1) is 43.4. The zero-order chi connectivity index (χ0) is 50.6. The molecule has 0 saturated heterocycles. The van der Waals surface area contributed by atoms with Gasteiger partial charge in [-0.25, -0.2) is 0 Å². The normalized spacial score (nSPS) is 12.8. The molecule has 2 nitrogen and oxygen atoms in total. The highest BCUT2D eigenvalue weighted by molar-refractivity contribution is 6.12. The van der Waals surface area contributed by atoms with Gasteiger partial charge in [-0.1, -0.05) is 231 Å². The molecule has 1 aromatic heterocycles. The topological polar surface area (TPSA) is 8.17 Å². The minimum absolute atomic E-state index is 0.447. The largest absolute Gasteiger partial charge is 0.310 e. The molecule has 0 N–H and O–H groups in total. The molecule has 0 radical (unpaired) electrons. The molecule has 2 aliphatic carbocycles. The molecule has 16 rings (SSSR count). The fourth-order valence-electron chi connectivity index (χ4n) is 13.4. The summed E-state index contributed by atoms with van der Waals surface area (Å²) >= 11 is 0. The minimum atomic E-state index is -0.447. The fourth-order valence-corrected chi connectivity index (χ4v) is 13.4. The van der Waals surface area contributed by atoms with Crippen LogP contribution in [0.2, 0.25) is 0 Å². The molecule has 1 heterocycles. The number of nitrogens with zero attached hydrogens (tertiary/aromatic N) is 2. The van der Waals surface area contributed by atoms with E-state index in [1.165, 1.54) is 127 Å². The van der Waals surface area contributed by atoms with Gasteiger partial charge < -0.3 is 9.47 Å². The van der Waals surface area contributed by atoms with Crippen LogP contribution in [0.15, 0.2) is 291 Å². The van der Waals surface area contributed by atoms with Crippen LogP contribution in [0.5, 0.6) is 0 Å². The number of benzene rings is 13. The number of para-hydroxylation sites is 1. The summed E-state index contributed by atoms with van der Waals surface area (Å²) in [4.78, 5) is 2.44. The standard InChI is InChI=1S/C75H48N2/c1-3-19-59-52(15-1)17-13-25-60(59)54-37-42-57(43-38-54)76(58-44-45-65-64-23-7-11-28-70(64)75(71(65)48-58)68-26-9-5-21-62(68)63-22-6-10-27-69(63)75)56-40-35-50(36-41-56)49-31-33-51(34-32-49)55-39-46-74-67(47-55)66-24-8-12-29-73(66)77(74)72-30-14-18-53-16-2-4-20-61(53)72/h1-48H. The zero-order valence-electron chi connectivity index (χ0n) is 42.1. The van der Waals surface area contributed by atoms with Crippen LogP contribution in [0, 0.1) is 0 Å². The van der Waals surface area contributed by atoms with Gasteiger partial charge in [0.2, 0.25) is 0 Å². The van der Waals surface area contributed by atoms with Gasteiger partial charge in [-0.3, -0.25) is 0 Å². The van der Waals surface area contributed by atoms with Crippen molar-refractivity contribution in [2.75, 3.05) is 4.90 Å². The summed E-state index contributed by atoms with van der Waals surface area (Å²) < 4.78 is 2.43. The van der Waals surface area contributed by atoms with Crippen LogP contribution in [-0.4, -0.2) is 4.57 Å². The highest BCUT2D eigenvalue weighted by Crippen LogP contribution is 2.63. The van der Waals surface area contributed by atoms with Gasteiger partial charge in [0.15, 0.2) is 0 Å². The Morgan fingerprint density at radius 1 is 0.247 bits per heavy atom. The van der Waals surface area contributed by atoms with E-state index < -0.39 is 5.41 Å². The third-order valence-electron chi connectivity index (χ3n) is 16.8. The number of anilines is 3. The Hall–Kier alpha value is -10.0. The van der Waals surface area contributed by atoms with Crippen molar-refractivity contribution in [3.8, 4) is 61.3 Å². The average molecular weight is 977 g/mol. The third-order valence-corrected chi connectivity index (χ3v) is 16.8. The second-order valence-corrected chi connectivity index (χ2v) is 20.7. The lowest BCUT2D eigenvalue weighted by molar-refractivity contribution is 0.793. The van der Waals surface area contributed by atoms with Crippen molar-refractivity contribution < 1.29 is 0 Å². The van der Waals surface area contributed by atoms with E-state index >= 15 is 0 Å². The molecule has 0 aliphatic heterocycles. The maximum atomic E-state index is 2.48. The number of hydrogen-bond donors (Lipinski definition) is 0. The Bertz CT molecular complexity index is 4600. The molecule has 0 fully saturated rings. The van der Waals surface area contributed by atoms with Gasteiger partial charge in [0.25, 0.3) is 0 Å². The van der Waals surface area contributed by atoms with Crippen LogP contribution in [-0.2, 0) is 5.41 Å². The van der Waals surface area contributed by atoms with E-state index in [1.54, 1.807) is 0 Å². The Morgan fingerprint density at radius 2 is 0.675 bits per heavy atom. The first-order valence-corrected chi connectivity index (χ1v) is 26.7. The summed E-state index contributed by atoms with van der Waals surface area (Å²) in [5, 5.41) is 7.48. The van der Waals surface area contributed by atoms with Gasteiger partial charge in [-0.15, -0.1) is 0 Å². The molecular weight excluding hydrogens is 929 g/mol. The molecule has 0 saturated carbocycles. The first-order valence-electron chi connectivity index (χ1n) is 26.7. The van der Waals surface area contributed by atoms with Crippen LogP contribution in [0.3, 0.4) is 0 Å². The third kappa shape index (κ3) is 6.49. The predicted octanol–water partition coefficient (Wildman–Crippen LogP) is 19.9. The van der Waals surface area contributed by atoms with Gasteiger partial charge >= 0.3 is 0 Å². The molecule has 2 aliphatic rings. The summed E-state index contributed by atoms with van der Waals surface area (Å²) in [6.45, 7) is 0. The highest BCUT2D eigenvalue weighted by atomic mass is 15.1. The molecule has 13 aromatic carbocycles. The molecule has 1 spiro atoms. The van der Waals surface area contributed by atoms with Crippen LogP contribution in [0.4, 0.5) is 17.1 Å². The molecule has 358 valence electrons. The molecule has 77 heavy (non-hydrogen) atoms. The van der Waals surface area contributed by atoms with E-state index in [4.69, 9.17) is 0 Å². The van der Waals surface area contributed by atoms with Gasteiger partial charge in [0.05, 0.1) is 22.1 Å². The summed E-state index contributed by atoms with van der Waals surface area (Å²) in [6, 6.07) is 108. The van der Waals surface area contributed by atoms with Crippen molar-refractivity contribution in [1.29, 1.82) is 0 Å². The second-order valence-electron chi connectivity index (χ2n) is 20.7. The molecule has 14 aromatic rings. The smallest absolute Gasteiger partial charge is 0.0726 e. The molecule has 0 amide bonds. The Balaban J connectivity index is 0.788. The fraction of sp³-hybridized carbons (Fsp3) is 0.0133. The van der Waals surface area contributed by atoms with E-state index in [2.05, 4.69) is 301 Å². The molecule has 0 unspecified atom stereocenters. The quantitative estimate of drug-likeness (QED) is 0.154. The van der Waals surface area contributed by atoms with Crippen molar-refractivity contribution in [3.63, 3.8) is 0 Å². The molecule has 0 bridgehead atoms. The van der Waals surface area contributed by atoms with Crippen molar-refractivity contribution in [3.05, 3.63) is 313 Å². The highest BCUT2D eigenvalue weighted by Gasteiger charge is 2.51. The Kier molecular flexibility index (Phi) is 9.58. The van der Waals surface area contributed by atoms with Crippen LogP contribution in [0.25, 0.3) is 105 Å². The summed E-state index contributed by atoms with van der Waals surface area (Å²) in [6.07, 6.45) is 0. The van der Waals surface area contributed by atoms with E-state index in [0.29, 0.717) is 0 Å². The van der Waals surface area contributed by atoms with Gasteiger partial charge in [-0.2, -0.15) is 0 Å². The van der Waals surface area contributed by atoms with E-state index in [-0.39, 0.29) is 0 Å². The molecule has 0 atom stereocenters. The molecular formula is C75H48N2. The number of fused-ring (bicyclic) bond motifs is 15. The lowest BCUT2D eigenvalue weighted by Gasteiger charge is -2.32. The van der Waals surface area contributed by atoms with E-state index in [1.807, 2.05) is 0 Å². The van der Waals surface area contributed by atoms with Crippen LogP contribution >= 0.6 is 0 Å². The van der Waals surface area contributed by atoms with Crippen molar-refractivity contribution in [2.24, 2.45) is 0 Å². The monoisotopic (exact) mass is 976 g/mol. The van der Waals surface area contributed by atoms with Crippen molar-refractivity contribution >= 4 is 60.4 Å². The minimum Gasteiger partial charge on any atom is -0.310 e. The number of aromatic nitrogens is 1. The lowest BCUT2D eigenvalue weighted by Crippen LogP contribution is -2.26. The van der Waals surface area contributed by atoms with Gasteiger partial charge in [0, 0.05) is 33.2 Å². The second kappa shape index (κ2) is 17.0. The van der Waals surface area contributed by atoms with E-state index in [0.717, 1.165) is 17.1 Å². The van der Waals surface area contributed by atoms with Crippen molar-refractivity contribution in [1.82, 2.24) is 4.57 Å².